The lowest BCUT2D eigenvalue weighted by molar-refractivity contribution is -0.137. The zero-order valence-electron chi connectivity index (χ0n) is 8.13. The molecule has 0 saturated heterocycles. The molecule has 0 rings (SSSR count). The van der Waals surface area contributed by atoms with Gasteiger partial charge in [0.1, 0.15) is 0 Å². The second-order valence-corrected chi connectivity index (χ2v) is 2.33. The summed E-state index contributed by atoms with van der Waals surface area (Å²) < 4.78 is 8.36. The van der Waals surface area contributed by atoms with E-state index in [0.717, 1.165) is 0 Å². The summed E-state index contributed by atoms with van der Waals surface area (Å²) in [5, 5.41) is 0. The smallest absolute Gasteiger partial charge is 0.302 e. The van der Waals surface area contributed by atoms with Gasteiger partial charge in [0.25, 0.3) is 0 Å². The molecule has 0 fully saturated rings. The molecule has 0 heterocycles. The largest absolute Gasteiger partial charge is 0.469 e. The lowest BCUT2D eigenvalue weighted by Crippen LogP contribution is -1.88. The van der Waals surface area contributed by atoms with Crippen molar-refractivity contribution in [2.45, 2.75) is 6.92 Å². The third kappa shape index (κ3) is 187. The van der Waals surface area contributed by atoms with Crippen LogP contribution in [0.4, 0.5) is 0 Å². The molecule has 0 aliphatic heterocycles. The van der Waals surface area contributed by atoms with E-state index in [9.17, 15) is 4.79 Å². The molecule has 0 bridgehead atoms. The van der Waals surface area contributed by atoms with Crippen LogP contribution in [0.1, 0.15) is 6.92 Å². The highest BCUT2D eigenvalue weighted by Gasteiger charge is 1.75. The quantitative estimate of drug-likeness (QED) is 0.531. The average molecular weight is 182 g/mol. The van der Waals surface area contributed by atoms with Crippen molar-refractivity contribution >= 4 is 17.7 Å². The van der Waals surface area contributed by atoms with Crippen LogP contribution in [0, 0.1) is 0 Å². The minimum absolute atomic E-state index is 0.245. The fourth-order valence-electron chi connectivity index (χ4n) is 0. The van der Waals surface area contributed by atoms with E-state index in [-0.39, 0.29) is 5.97 Å². The molecule has 70 valence electrons. The maximum absolute atomic E-state index is 9.59. The van der Waals surface area contributed by atoms with Gasteiger partial charge in [-0.25, -0.2) is 0 Å². The number of ether oxygens (including phenoxy) is 2. The lowest BCUT2D eigenvalue weighted by Gasteiger charge is -1.80. The zero-order valence-corrected chi connectivity index (χ0v) is 8.95. The number of carbonyl (C=O) groups is 1. The van der Waals surface area contributed by atoms with Crippen molar-refractivity contribution in [1.29, 1.82) is 0 Å². The first kappa shape index (κ1) is 17.0. The van der Waals surface area contributed by atoms with E-state index in [1.807, 2.05) is 12.5 Å². The van der Waals surface area contributed by atoms with Crippen LogP contribution in [0.5, 0.6) is 0 Å². The van der Waals surface area contributed by atoms with E-state index in [1.54, 1.807) is 26.0 Å². The lowest BCUT2D eigenvalue weighted by atomic mass is 10.8. The van der Waals surface area contributed by atoms with E-state index >= 15 is 0 Å². The maximum Gasteiger partial charge on any atom is 0.302 e. The van der Waals surface area contributed by atoms with Gasteiger partial charge in [0.15, 0.2) is 0 Å². The van der Waals surface area contributed by atoms with Gasteiger partial charge in [0.2, 0.25) is 0 Å². The Bertz CT molecular complexity index is 64.7. The van der Waals surface area contributed by atoms with Crippen molar-refractivity contribution in [2.75, 3.05) is 33.8 Å². The molecule has 0 N–H and O–H groups in total. The van der Waals surface area contributed by atoms with Gasteiger partial charge < -0.3 is 9.47 Å². The summed E-state index contributed by atoms with van der Waals surface area (Å²) >= 11 is 1.75. The summed E-state index contributed by atoms with van der Waals surface area (Å²) in [5.41, 5.74) is 0. The Kier molecular flexibility index (Phi) is 34.9. The van der Waals surface area contributed by atoms with E-state index < -0.39 is 0 Å². The SMILES string of the molecule is COC.COC(C)=O.CSC. The fraction of sp³-hybridized carbons (Fsp3) is 0.857. The number of rotatable bonds is 0. The molecular weight excluding hydrogens is 164 g/mol. The molecule has 3 nitrogen and oxygen atoms in total. The third-order valence-corrected chi connectivity index (χ3v) is 0.287. The third-order valence-electron chi connectivity index (χ3n) is 0.287. The molecule has 0 unspecified atom stereocenters. The number of hydrogen-bond donors (Lipinski definition) is 0. The Morgan fingerprint density at radius 1 is 1.18 bits per heavy atom. The van der Waals surface area contributed by atoms with E-state index in [2.05, 4.69) is 9.47 Å². The van der Waals surface area contributed by atoms with Gasteiger partial charge in [-0.05, 0) is 12.5 Å². The number of methoxy groups -OCH3 is 2. The first-order valence-electron chi connectivity index (χ1n) is 2.95. The molecule has 0 aromatic rings. The molecule has 0 saturated carbocycles. The van der Waals surface area contributed by atoms with E-state index in [4.69, 9.17) is 0 Å². The molecule has 11 heavy (non-hydrogen) atoms. The highest BCUT2D eigenvalue weighted by atomic mass is 32.2. The van der Waals surface area contributed by atoms with Gasteiger partial charge in [-0.1, -0.05) is 0 Å². The summed E-state index contributed by atoms with van der Waals surface area (Å²) in [4.78, 5) is 9.59. The summed E-state index contributed by atoms with van der Waals surface area (Å²) in [7, 11) is 4.60. The minimum atomic E-state index is -0.245. The van der Waals surface area contributed by atoms with Gasteiger partial charge in [-0.15, -0.1) is 0 Å². The van der Waals surface area contributed by atoms with Crippen LogP contribution in [0.2, 0.25) is 0 Å². The van der Waals surface area contributed by atoms with Crippen LogP contribution in [0.25, 0.3) is 0 Å². The summed E-state index contributed by atoms with van der Waals surface area (Å²) in [6.45, 7) is 1.36. The molecule has 0 radical (unpaired) electrons. The maximum atomic E-state index is 9.59. The van der Waals surface area contributed by atoms with Crippen molar-refractivity contribution in [3.8, 4) is 0 Å². The summed E-state index contributed by atoms with van der Waals surface area (Å²) in [5.74, 6) is -0.245. The van der Waals surface area contributed by atoms with Crippen LogP contribution in [-0.2, 0) is 14.3 Å². The van der Waals surface area contributed by atoms with Crippen LogP contribution >= 0.6 is 11.8 Å². The van der Waals surface area contributed by atoms with Crippen molar-refractivity contribution in [2.24, 2.45) is 0 Å². The molecule has 0 spiro atoms. The minimum Gasteiger partial charge on any atom is -0.469 e. The fourth-order valence-corrected chi connectivity index (χ4v) is 0. The van der Waals surface area contributed by atoms with Crippen molar-refractivity contribution in [3.63, 3.8) is 0 Å². The zero-order chi connectivity index (χ0) is 9.70. The second-order valence-electron chi connectivity index (χ2n) is 1.51. The van der Waals surface area contributed by atoms with Gasteiger partial charge in [-0.3, -0.25) is 4.79 Å². The van der Waals surface area contributed by atoms with Crippen LogP contribution < -0.4 is 0 Å². The number of thioether (sulfide) groups is 1. The Balaban J connectivity index is -0.0000000933. The first-order valence-corrected chi connectivity index (χ1v) is 4.58. The molecule has 0 aromatic heterocycles. The predicted molar refractivity (Wildman–Crippen MR) is 50.1 cm³/mol. The Hall–Kier alpha value is -0.220. The highest BCUT2D eigenvalue weighted by molar-refractivity contribution is 7.97. The normalized spacial score (nSPS) is 6.36. The molecule has 0 atom stereocenters. The monoisotopic (exact) mass is 182 g/mol. The van der Waals surface area contributed by atoms with Gasteiger partial charge in [0.05, 0.1) is 7.11 Å². The van der Waals surface area contributed by atoms with Crippen molar-refractivity contribution in [3.05, 3.63) is 0 Å². The second kappa shape index (κ2) is 22.6. The summed E-state index contributed by atoms with van der Waals surface area (Å²) in [6, 6.07) is 0. The van der Waals surface area contributed by atoms with Crippen LogP contribution in [0.15, 0.2) is 0 Å². The van der Waals surface area contributed by atoms with Crippen LogP contribution in [-0.4, -0.2) is 39.8 Å². The van der Waals surface area contributed by atoms with Crippen LogP contribution in [0.3, 0.4) is 0 Å². The predicted octanol–water partition coefficient (Wildman–Crippen LogP) is 1.42. The molecule has 0 aliphatic rings. The van der Waals surface area contributed by atoms with Gasteiger partial charge >= 0.3 is 5.97 Å². The summed E-state index contributed by atoms with van der Waals surface area (Å²) in [6.07, 6.45) is 4.08. The molecule has 4 heteroatoms. The van der Waals surface area contributed by atoms with Gasteiger partial charge in [-0.2, -0.15) is 11.8 Å². The number of carbonyl (C=O) groups excluding carboxylic acids is 1. The van der Waals surface area contributed by atoms with E-state index in [1.165, 1.54) is 14.0 Å². The van der Waals surface area contributed by atoms with Crippen molar-refractivity contribution in [1.82, 2.24) is 0 Å². The molecule has 0 amide bonds. The van der Waals surface area contributed by atoms with Gasteiger partial charge in [0, 0.05) is 21.1 Å². The highest BCUT2D eigenvalue weighted by Crippen LogP contribution is 1.70. The first-order chi connectivity index (χ1) is 5.10. The molecule has 0 aromatic carbocycles. The topological polar surface area (TPSA) is 35.5 Å². The van der Waals surface area contributed by atoms with Crippen molar-refractivity contribution < 1.29 is 14.3 Å². The number of hydrogen-bond acceptors (Lipinski definition) is 4. The number of esters is 1. The average Bonchev–Trinajstić information content (AvgIpc) is 1.91. The Morgan fingerprint density at radius 2 is 1.27 bits per heavy atom. The standard InChI is InChI=1S/C3H6O2.C2H6O.C2H6S/c1-3(4)5-2;2*1-3-2/h1-2H3;2*1-2H3. The molecule has 0 aliphatic carbocycles. The Morgan fingerprint density at radius 3 is 1.27 bits per heavy atom. The Labute approximate surface area is 73.5 Å². The van der Waals surface area contributed by atoms with E-state index in [0.29, 0.717) is 0 Å². The molecular formula is C7H18O3S.